The molecule has 1 N–H and O–H groups in total. The minimum absolute atomic E-state index is 0.118. The van der Waals surface area contributed by atoms with E-state index in [1.54, 1.807) is 11.8 Å². The molecule has 28 heavy (non-hydrogen) atoms. The molecular formula is C22H26N2O4. The topological polar surface area (TPSA) is 67.9 Å². The zero-order valence-electron chi connectivity index (χ0n) is 16.3. The zero-order chi connectivity index (χ0) is 19.9. The molecule has 6 heteroatoms. The molecule has 148 valence electrons. The first kappa shape index (κ1) is 19.9. The minimum Gasteiger partial charge on any atom is -0.484 e. The number of rotatable bonds is 6. The average molecular weight is 382 g/mol. The number of benzene rings is 2. The number of ether oxygens (including phenoxy) is 2. The lowest BCUT2D eigenvalue weighted by Gasteiger charge is -2.34. The van der Waals surface area contributed by atoms with E-state index in [0.29, 0.717) is 25.4 Å². The Balaban J connectivity index is 1.49. The number of nitrogens with one attached hydrogen (secondary N) is 1. The van der Waals surface area contributed by atoms with Crippen molar-refractivity contribution in [1.82, 2.24) is 10.2 Å². The molecule has 1 saturated heterocycles. The smallest absolute Gasteiger partial charge is 0.258 e. The molecular weight excluding hydrogens is 356 g/mol. The minimum atomic E-state index is -0.622. The van der Waals surface area contributed by atoms with E-state index in [9.17, 15) is 9.59 Å². The van der Waals surface area contributed by atoms with Gasteiger partial charge >= 0.3 is 0 Å². The van der Waals surface area contributed by atoms with Gasteiger partial charge in [0, 0.05) is 6.54 Å². The van der Waals surface area contributed by atoms with Crippen LogP contribution < -0.4 is 10.1 Å². The van der Waals surface area contributed by atoms with Gasteiger partial charge in [-0.05, 0) is 31.5 Å². The van der Waals surface area contributed by atoms with E-state index in [-0.39, 0.29) is 24.5 Å². The summed E-state index contributed by atoms with van der Waals surface area (Å²) in [6.45, 7) is 5.01. The molecule has 1 aliphatic heterocycles. The lowest BCUT2D eigenvalue weighted by Crippen LogP contribution is -2.51. The second kappa shape index (κ2) is 9.37. The van der Waals surface area contributed by atoms with Crippen LogP contribution in [-0.2, 0) is 14.3 Å². The molecule has 2 atom stereocenters. The van der Waals surface area contributed by atoms with E-state index in [1.807, 2.05) is 61.5 Å². The fourth-order valence-corrected chi connectivity index (χ4v) is 3.12. The van der Waals surface area contributed by atoms with E-state index >= 15 is 0 Å². The van der Waals surface area contributed by atoms with Gasteiger partial charge in [0.15, 0.2) is 6.61 Å². The van der Waals surface area contributed by atoms with Crippen molar-refractivity contribution < 1.29 is 19.1 Å². The summed E-state index contributed by atoms with van der Waals surface area (Å²) in [6, 6.07) is 16.7. The standard InChI is InChI=1S/C22H26N2O4/c1-16-8-10-19(11-9-16)28-15-21(25)23-17(2)22(26)24-12-13-27-20(14-24)18-6-4-3-5-7-18/h3-11,17,20H,12-15H2,1-2H3,(H,23,25)/t17-,20?/m0/s1. The first-order valence-corrected chi connectivity index (χ1v) is 9.47. The third-order valence-corrected chi connectivity index (χ3v) is 4.69. The Labute approximate surface area is 165 Å². The van der Waals surface area contributed by atoms with Crippen molar-refractivity contribution in [1.29, 1.82) is 0 Å². The summed E-state index contributed by atoms with van der Waals surface area (Å²) >= 11 is 0. The van der Waals surface area contributed by atoms with Gasteiger partial charge in [-0.3, -0.25) is 9.59 Å². The van der Waals surface area contributed by atoms with Crippen molar-refractivity contribution in [2.24, 2.45) is 0 Å². The van der Waals surface area contributed by atoms with Crippen LogP contribution in [0.25, 0.3) is 0 Å². The number of carbonyl (C=O) groups is 2. The van der Waals surface area contributed by atoms with Gasteiger partial charge in [-0.2, -0.15) is 0 Å². The van der Waals surface area contributed by atoms with Crippen LogP contribution in [0.3, 0.4) is 0 Å². The number of nitrogens with zero attached hydrogens (tertiary/aromatic N) is 1. The zero-order valence-corrected chi connectivity index (χ0v) is 16.3. The molecule has 1 aliphatic rings. The largest absolute Gasteiger partial charge is 0.484 e. The summed E-state index contributed by atoms with van der Waals surface area (Å²) < 4.78 is 11.3. The highest BCUT2D eigenvalue weighted by Gasteiger charge is 2.28. The number of aryl methyl sites for hydroxylation is 1. The molecule has 2 aromatic rings. The maximum absolute atomic E-state index is 12.7. The number of hydrogen-bond donors (Lipinski definition) is 1. The SMILES string of the molecule is Cc1ccc(OCC(=O)N[C@@H](C)C(=O)N2CCOC(c3ccccc3)C2)cc1. The van der Waals surface area contributed by atoms with Crippen LogP contribution in [0.15, 0.2) is 54.6 Å². The Morgan fingerprint density at radius 3 is 2.61 bits per heavy atom. The molecule has 0 bridgehead atoms. The van der Waals surface area contributed by atoms with Crippen LogP contribution >= 0.6 is 0 Å². The quantitative estimate of drug-likeness (QED) is 0.834. The maximum atomic E-state index is 12.7. The first-order chi connectivity index (χ1) is 13.5. The highest BCUT2D eigenvalue weighted by atomic mass is 16.5. The number of carbonyl (C=O) groups excluding carboxylic acids is 2. The Hall–Kier alpha value is -2.86. The summed E-state index contributed by atoms with van der Waals surface area (Å²) in [5.41, 5.74) is 2.17. The van der Waals surface area contributed by atoms with E-state index in [4.69, 9.17) is 9.47 Å². The van der Waals surface area contributed by atoms with Gasteiger partial charge in [0.1, 0.15) is 17.9 Å². The Morgan fingerprint density at radius 1 is 1.18 bits per heavy atom. The Bertz CT molecular complexity index is 792. The second-order valence-electron chi connectivity index (χ2n) is 6.95. The first-order valence-electron chi connectivity index (χ1n) is 9.47. The molecule has 3 rings (SSSR count). The molecule has 0 aromatic heterocycles. The summed E-state index contributed by atoms with van der Waals surface area (Å²) in [4.78, 5) is 26.6. The fourth-order valence-electron chi connectivity index (χ4n) is 3.12. The van der Waals surface area contributed by atoms with Crippen LogP contribution in [0, 0.1) is 6.92 Å². The summed E-state index contributed by atoms with van der Waals surface area (Å²) in [5, 5.41) is 2.72. The van der Waals surface area contributed by atoms with E-state index < -0.39 is 6.04 Å². The second-order valence-corrected chi connectivity index (χ2v) is 6.95. The lowest BCUT2D eigenvalue weighted by molar-refractivity contribution is -0.142. The molecule has 1 unspecified atom stereocenters. The summed E-state index contributed by atoms with van der Waals surface area (Å²) in [7, 11) is 0. The monoisotopic (exact) mass is 382 g/mol. The van der Waals surface area contributed by atoms with Gasteiger partial charge in [-0.1, -0.05) is 48.0 Å². The van der Waals surface area contributed by atoms with Gasteiger partial charge in [0.2, 0.25) is 5.91 Å². The molecule has 2 amide bonds. The molecule has 2 aromatic carbocycles. The van der Waals surface area contributed by atoms with Gasteiger partial charge in [-0.25, -0.2) is 0 Å². The predicted octanol–water partition coefficient (Wildman–Crippen LogP) is 2.48. The maximum Gasteiger partial charge on any atom is 0.258 e. The molecule has 0 radical (unpaired) electrons. The third-order valence-electron chi connectivity index (χ3n) is 4.69. The van der Waals surface area contributed by atoms with Crippen LogP contribution in [0.4, 0.5) is 0 Å². The van der Waals surface area contributed by atoms with Crippen molar-refractivity contribution in [3.05, 3.63) is 65.7 Å². The van der Waals surface area contributed by atoms with Crippen molar-refractivity contribution >= 4 is 11.8 Å². The van der Waals surface area contributed by atoms with Gasteiger partial charge in [0.25, 0.3) is 5.91 Å². The van der Waals surface area contributed by atoms with Crippen molar-refractivity contribution in [2.45, 2.75) is 26.0 Å². The van der Waals surface area contributed by atoms with Crippen molar-refractivity contribution in [2.75, 3.05) is 26.3 Å². The number of morpholine rings is 1. The van der Waals surface area contributed by atoms with Gasteiger partial charge in [-0.15, -0.1) is 0 Å². The van der Waals surface area contributed by atoms with Crippen LogP contribution in [0.2, 0.25) is 0 Å². The van der Waals surface area contributed by atoms with Crippen LogP contribution in [0.1, 0.15) is 24.2 Å². The van der Waals surface area contributed by atoms with Crippen molar-refractivity contribution in [3.63, 3.8) is 0 Å². The number of amides is 2. The lowest BCUT2D eigenvalue weighted by atomic mass is 10.1. The summed E-state index contributed by atoms with van der Waals surface area (Å²) in [6.07, 6.45) is -0.147. The molecule has 1 fully saturated rings. The average Bonchev–Trinajstić information content (AvgIpc) is 2.73. The van der Waals surface area contributed by atoms with E-state index in [2.05, 4.69) is 5.32 Å². The van der Waals surface area contributed by atoms with E-state index in [1.165, 1.54) is 0 Å². The third kappa shape index (κ3) is 5.33. The summed E-state index contributed by atoms with van der Waals surface area (Å²) in [5.74, 6) is 0.181. The van der Waals surface area contributed by atoms with Crippen LogP contribution in [0.5, 0.6) is 5.75 Å². The number of hydrogen-bond acceptors (Lipinski definition) is 4. The molecule has 6 nitrogen and oxygen atoms in total. The molecule has 0 saturated carbocycles. The predicted molar refractivity (Wildman–Crippen MR) is 106 cm³/mol. The normalized spacial score (nSPS) is 17.6. The Kier molecular flexibility index (Phi) is 6.66. The highest BCUT2D eigenvalue weighted by Crippen LogP contribution is 2.22. The highest BCUT2D eigenvalue weighted by molar-refractivity contribution is 5.88. The molecule has 0 spiro atoms. The van der Waals surface area contributed by atoms with Gasteiger partial charge < -0.3 is 19.7 Å². The fraction of sp³-hybridized carbons (Fsp3) is 0.364. The van der Waals surface area contributed by atoms with Crippen LogP contribution in [-0.4, -0.2) is 49.1 Å². The Morgan fingerprint density at radius 2 is 1.89 bits per heavy atom. The van der Waals surface area contributed by atoms with E-state index in [0.717, 1.165) is 11.1 Å². The molecule has 1 heterocycles. The van der Waals surface area contributed by atoms with Gasteiger partial charge in [0.05, 0.1) is 13.2 Å². The van der Waals surface area contributed by atoms with Crippen molar-refractivity contribution in [3.8, 4) is 5.75 Å². The molecule has 0 aliphatic carbocycles.